The third-order valence-corrected chi connectivity index (χ3v) is 3.09. The summed E-state index contributed by atoms with van der Waals surface area (Å²) in [4.78, 5) is 2.34. The fourth-order valence-electron chi connectivity index (χ4n) is 2.16. The molecule has 0 spiro atoms. The maximum Gasteiger partial charge on any atom is 0.0758 e. The fourth-order valence-corrected chi connectivity index (χ4v) is 2.16. The van der Waals surface area contributed by atoms with Crippen molar-refractivity contribution < 1.29 is 5.11 Å². The van der Waals surface area contributed by atoms with Crippen LogP contribution in [0.1, 0.15) is 18.9 Å². The van der Waals surface area contributed by atoms with Crippen molar-refractivity contribution in [3.63, 3.8) is 0 Å². The lowest BCUT2D eigenvalue weighted by molar-refractivity contribution is 0.0689. The number of likely N-dealkylation sites (tertiary alicyclic amines) is 1. The molecule has 0 radical (unpaired) electrons. The van der Waals surface area contributed by atoms with E-state index in [2.05, 4.69) is 29.2 Å². The number of hydrogen-bond donors (Lipinski definition) is 1. The first kappa shape index (κ1) is 10.7. The number of rotatable bonds is 3. The van der Waals surface area contributed by atoms with Gasteiger partial charge in [0.2, 0.25) is 0 Å². The van der Waals surface area contributed by atoms with Gasteiger partial charge < -0.3 is 10.0 Å². The smallest absolute Gasteiger partial charge is 0.0758 e. The zero-order valence-corrected chi connectivity index (χ0v) is 9.32. The van der Waals surface area contributed by atoms with Crippen LogP contribution in [0.2, 0.25) is 0 Å². The Morgan fingerprint density at radius 3 is 2.67 bits per heavy atom. The Bertz CT molecular complexity index is 308. The lowest BCUT2D eigenvalue weighted by atomic mass is 10.1. The lowest BCUT2D eigenvalue weighted by Gasteiger charge is -2.18. The molecule has 0 bridgehead atoms. The van der Waals surface area contributed by atoms with E-state index in [4.69, 9.17) is 0 Å². The second-order valence-corrected chi connectivity index (χ2v) is 4.76. The Hall–Kier alpha value is -0.860. The molecule has 1 aromatic carbocycles. The molecule has 1 aliphatic rings. The highest BCUT2D eigenvalue weighted by Crippen LogP contribution is 2.20. The minimum absolute atomic E-state index is 0.462. The van der Waals surface area contributed by atoms with Crippen LogP contribution in [0.15, 0.2) is 30.3 Å². The molecule has 0 aliphatic carbocycles. The standard InChI is InChI=1S/C13H19NO/c1-13(15)8-10-14(11-13)9-7-12-5-3-2-4-6-12/h2-6,15H,7-11H2,1H3. The molecule has 1 aromatic rings. The molecule has 15 heavy (non-hydrogen) atoms. The monoisotopic (exact) mass is 205 g/mol. The van der Waals surface area contributed by atoms with Crippen LogP contribution < -0.4 is 0 Å². The van der Waals surface area contributed by atoms with Crippen LogP contribution in [0.25, 0.3) is 0 Å². The highest BCUT2D eigenvalue weighted by Gasteiger charge is 2.30. The van der Waals surface area contributed by atoms with Crippen molar-refractivity contribution in [2.75, 3.05) is 19.6 Å². The van der Waals surface area contributed by atoms with Crippen LogP contribution in [0.3, 0.4) is 0 Å². The molecule has 0 saturated carbocycles. The summed E-state index contributed by atoms with van der Waals surface area (Å²) in [7, 11) is 0. The van der Waals surface area contributed by atoms with E-state index in [0.29, 0.717) is 0 Å². The van der Waals surface area contributed by atoms with Crippen LogP contribution in [0, 0.1) is 0 Å². The number of hydrogen-bond acceptors (Lipinski definition) is 2. The van der Waals surface area contributed by atoms with Crippen LogP contribution in [-0.4, -0.2) is 35.2 Å². The Kier molecular flexibility index (Phi) is 3.08. The highest BCUT2D eigenvalue weighted by atomic mass is 16.3. The quantitative estimate of drug-likeness (QED) is 0.811. The van der Waals surface area contributed by atoms with Crippen molar-refractivity contribution in [1.82, 2.24) is 4.90 Å². The third-order valence-electron chi connectivity index (χ3n) is 3.09. The number of nitrogens with zero attached hydrogens (tertiary/aromatic N) is 1. The second-order valence-electron chi connectivity index (χ2n) is 4.76. The molecule has 2 rings (SSSR count). The average molecular weight is 205 g/mol. The van der Waals surface area contributed by atoms with Crippen molar-refractivity contribution in [1.29, 1.82) is 0 Å². The lowest BCUT2D eigenvalue weighted by Crippen LogP contribution is -2.30. The Morgan fingerprint density at radius 1 is 1.33 bits per heavy atom. The summed E-state index contributed by atoms with van der Waals surface area (Å²) in [6.07, 6.45) is 1.98. The van der Waals surface area contributed by atoms with Gasteiger partial charge in [-0.05, 0) is 25.3 Å². The molecule has 1 heterocycles. The SMILES string of the molecule is CC1(O)CCN(CCc2ccccc2)C1. The average Bonchev–Trinajstić information content (AvgIpc) is 2.57. The predicted molar refractivity (Wildman–Crippen MR) is 61.8 cm³/mol. The maximum atomic E-state index is 9.82. The van der Waals surface area contributed by atoms with E-state index < -0.39 is 5.60 Å². The molecule has 2 heteroatoms. The Morgan fingerprint density at radius 2 is 2.07 bits per heavy atom. The molecule has 1 aliphatic heterocycles. The molecule has 1 saturated heterocycles. The van der Waals surface area contributed by atoms with Crippen molar-refractivity contribution in [3.8, 4) is 0 Å². The van der Waals surface area contributed by atoms with Gasteiger partial charge in [0.05, 0.1) is 5.60 Å². The first-order valence-electron chi connectivity index (χ1n) is 5.64. The van der Waals surface area contributed by atoms with Gasteiger partial charge in [-0.25, -0.2) is 0 Å². The Labute approximate surface area is 91.5 Å². The van der Waals surface area contributed by atoms with Crippen LogP contribution in [0.5, 0.6) is 0 Å². The summed E-state index contributed by atoms with van der Waals surface area (Å²) in [5.74, 6) is 0. The van der Waals surface area contributed by atoms with Crippen LogP contribution in [0.4, 0.5) is 0 Å². The van der Waals surface area contributed by atoms with Gasteiger partial charge in [0.25, 0.3) is 0 Å². The van der Waals surface area contributed by atoms with Gasteiger partial charge >= 0.3 is 0 Å². The van der Waals surface area contributed by atoms with E-state index in [0.717, 1.165) is 32.5 Å². The van der Waals surface area contributed by atoms with E-state index in [9.17, 15) is 5.11 Å². The van der Waals surface area contributed by atoms with Crippen LogP contribution in [-0.2, 0) is 6.42 Å². The molecule has 2 nitrogen and oxygen atoms in total. The molecule has 1 N–H and O–H groups in total. The van der Waals surface area contributed by atoms with Gasteiger partial charge in [0.1, 0.15) is 0 Å². The Balaban J connectivity index is 1.80. The van der Waals surface area contributed by atoms with Gasteiger partial charge in [-0.2, -0.15) is 0 Å². The first-order chi connectivity index (χ1) is 7.16. The molecule has 1 unspecified atom stereocenters. The number of aliphatic hydroxyl groups is 1. The first-order valence-corrected chi connectivity index (χ1v) is 5.64. The van der Waals surface area contributed by atoms with Gasteiger partial charge in [0.15, 0.2) is 0 Å². The van der Waals surface area contributed by atoms with Gasteiger partial charge in [0, 0.05) is 19.6 Å². The summed E-state index contributed by atoms with van der Waals surface area (Å²) in [5, 5.41) is 9.82. The minimum Gasteiger partial charge on any atom is -0.389 e. The minimum atomic E-state index is -0.462. The van der Waals surface area contributed by atoms with Crippen LogP contribution >= 0.6 is 0 Å². The summed E-state index contributed by atoms with van der Waals surface area (Å²) >= 11 is 0. The van der Waals surface area contributed by atoms with Gasteiger partial charge in [-0.3, -0.25) is 0 Å². The second kappa shape index (κ2) is 4.33. The van der Waals surface area contributed by atoms with E-state index in [-0.39, 0.29) is 0 Å². The van der Waals surface area contributed by atoms with Crippen molar-refractivity contribution >= 4 is 0 Å². The molecule has 1 atom stereocenters. The predicted octanol–water partition coefficient (Wildman–Crippen LogP) is 1.69. The third kappa shape index (κ3) is 3.05. The summed E-state index contributed by atoms with van der Waals surface area (Å²) < 4.78 is 0. The largest absolute Gasteiger partial charge is 0.389 e. The zero-order valence-electron chi connectivity index (χ0n) is 9.32. The normalized spacial score (nSPS) is 27.1. The van der Waals surface area contributed by atoms with E-state index >= 15 is 0 Å². The van der Waals surface area contributed by atoms with Gasteiger partial charge in [-0.1, -0.05) is 30.3 Å². The molecule has 0 amide bonds. The molecule has 82 valence electrons. The van der Waals surface area contributed by atoms with Crippen molar-refractivity contribution in [2.24, 2.45) is 0 Å². The van der Waals surface area contributed by atoms with Gasteiger partial charge in [-0.15, -0.1) is 0 Å². The molecule has 1 fully saturated rings. The van der Waals surface area contributed by atoms with E-state index in [1.54, 1.807) is 0 Å². The fraction of sp³-hybridized carbons (Fsp3) is 0.538. The summed E-state index contributed by atoms with van der Waals surface area (Å²) in [5.41, 5.74) is 0.917. The van der Waals surface area contributed by atoms with Crippen molar-refractivity contribution in [3.05, 3.63) is 35.9 Å². The van der Waals surface area contributed by atoms with Crippen molar-refractivity contribution in [2.45, 2.75) is 25.4 Å². The summed E-state index contributed by atoms with van der Waals surface area (Å²) in [6, 6.07) is 10.5. The number of benzene rings is 1. The number of β-amino-alcohol motifs (C(OH)–C–C–N with tert-alkyl or cyclic N) is 1. The topological polar surface area (TPSA) is 23.5 Å². The highest BCUT2D eigenvalue weighted by molar-refractivity contribution is 5.14. The molecular weight excluding hydrogens is 186 g/mol. The van der Waals surface area contributed by atoms with E-state index in [1.165, 1.54) is 5.56 Å². The zero-order chi connectivity index (χ0) is 10.7. The summed E-state index contributed by atoms with van der Waals surface area (Å²) in [6.45, 7) is 4.83. The molecule has 0 aromatic heterocycles. The molecular formula is C13H19NO. The van der Waals surface area contributed by atoms with E-state index in [1.807, 2.05) is 13.0 Å². The maximum absolute atomic E-state index is 9.82.